The lowest BCUT2D eigenvalue weighted by atomic mass is 10.3. The topological polar surface area (TPSA) is 62.7 Å². The van der Waals surface area contributed by atoms with Gasteiger partial charge in [-0.3, -0.25) is 0 Å². The second-order valence-electron chi connectivity index (χ2n) is 1.93. The number of rotatable bonds is 1. The number of anilines is 1. The minimum absolute atomic E-state index is 0.433. The number of nitrogens with two attached hydrogens (primary N) is 1. The van der Waals surface area contributed by atoms with E-state index in [2.05, 4.69) is 4.98 Å². The number of hydrogen-bond acceptors (Lipinski definition) is 4. The number of thioether (sulfide) groups is 1. The minimum Gasteiger partial charge on any atom is -0.398 e. The summed E-state index contributed by atoms with van der Waals surface area (Å²) >= 11 is 1.50. The van der Waals surface area contributed by atoms with Gasteiger partial charge in [0, 0.05) is 6.20 Å². The van der Waals surface area contributed by atoms with Crippen LogP contribution in [0.5, 0.6) is 0 Å². The molecule has 2 N–H and O–H groups in total. The molecule has 56 valence electrons. The second-order valence-corrected chi connectivity index (χ2v) is 2.75. The van der Waals surface area contributed by atoms with Crippen LogP contribution in [0.15, 0.2) is 17.3 Å². The lowest BCUT2D eigenvalue weighted by Gasteiger charge is -1.97. The van der Waals surface area contributed by atoms with Gasteiger partial charge in [0.25, 0.3) is 0 Å². The van der Waals surface area contributed by atoms with Crippen LogP contribution in [0.2, 0.25) is 0 Å². The molecule has 0 aliphatic carbocycles. The van der Waals surface area contributed by atoms with Crippen LogP contribution < -0.4 is 5.73 Å². The van der Waals surface area contributed by atoms with Gasteiger partial charge in [0.15, 0.2) is 0 Å². The van der Waals surface area contributed by atoms with Crippen molar-refractivity contribution in [3.63, 3.8) is 0 Å². The fourth-order valence-corrected chi connectivity index (χ4v) is 1.06. The van der Waals surface area contributed by atoms with E-state index < -0.39 is 0 Å². The van der Waals surface area contributed by atoms with Crippen molar-refractivity contribution in [1.82, 2.24) is 4.98 Å². The molecule has 0 radical (unpaired) electrons. The van der Waals surface area contributed by atoms with E-state index in [9.17, 15) is 0 Å². The summed E-state index contributed by atoms with van der Waals surface area (Å²) in [5, 5.41) is 9.34. The number of pyridine rings is 1. The van der Waals surface area contributed by atoms with Gasteiger partial charge in [0.1, 0.15) is 6.07 Å². The largest absolute Gasteiger partial charge is 0.398 e. The van der Waals surface area contributed by atoms with Crippen LogP contribution in [0.3, 0.4) is 0 Å². The third kappa shape index (κ3) is 1.63. The summed E-state index contributed by atoms with van der Waals surface area (Å²) in [6, 6.07) is 3.65. The molecule has 0 aliphatic rings. The number of nitrogens with zero attached hydrogens (tertiary/aromatic N) is 2. The van der Waals surface area contributed by atoms with E-state index in [-0.39, 0.29) is 0 Å². The second kappa shape index (κ2) is 3.26. The predicted molar refractivity (Wildman–Crippen MR) is 45.1 cm³/mol. The van der Waals surface area contributed by atoms with Gasteiger partial charge in [0.05, 0.1) is 16.3 Å². The van der Waals surface area contributed by atoms with Crippen LogP contribution in [0, 0.1) is 11.3 Å². The molecule has 4 heteroatoms. The van der Waals surface area contributed by atoms with Gasteiger partial charge in [-0.1, -0.05) is 0 Å². The zero-order valence-electron chi connectivity index (χ0n) is 6.03. The van der Waals surface area contributed by atoms with Gasteiger partial charge in [-0.15, -0.1) is 11.8 Å². The van der Waals surface area contributed by atoms with Gasteiger partial charge in [-0.2, -0.15) is 5.26 Å². The molecule has 0 spiro atoms. The van der Waals surface area contributed by atoms with Crippen molar-refractivity contribution in [3.05, 3.63) is 17.8 Å². The van der Waals surface area contributed by atoms with E-state index in [0.717, 1.165) is 5.03 Å². The first-order chi connectivity index (χ1) is 5.27. The van der Waals surface area contributed by atoms with Crippen LogP contribution >= 0.6 is 11.8 Å². The highest BCUT2D eigenvalue weighted by Crippen LogP contribution is 2.16. The zero-order chi connectivity index (χ0) is 8.27. The molecule has 1 aromatic rings. The highest BCUT2D eigenvalue weighted by molar-refractivity contribution is 7.98. The van der Waals surface area contributed by atoms with Crippen molar-refractivity contribution in [2.24, 2.45) is 0 Å². The molecule has 1 aromatic heterocycles. The molecule has 0 aliphatic heterocycles. The van der Waals surface area contributed by atoms with Crippen molar-refractivity contribution in [3.8, 4) is 6.07 Å². The molecule has 3 nitrogen and oxygen atoms in total. The minimum atomic E-state index is 0.433. The van der Waals surface area contributed by atoms with Crippen molar-refractivity contribution in [2.75, 3.05) is 12.0 Å². The number of nitrogen functional groups attached to an aromatic ring is 1. The van der Waals surface area contributed by atoms with E-state index in [1.807, 2.05) is 12.3 Å². The third-order valence-electron chi connectivity index (χ3n) is 1.24. The van der Waals surface area contributed by atoms with Crippen LogP contribution in [0.1, 0.15) is 5.56 Å². The normalized spacial score (nSPS) is 9.09. The third-order valence-corrected chi connectivity index (χ3v) is 1.88. The fraction of sp³-hybridized carbons (Fsp3) is 0.143. The van der Waals surface area contributed by atoms with Crippen molar-refractivity contribution in [2.45, 2.75) is 5.03 Å². The summed E-state index contributed by atoms with van der Waals surface area (Å²) in [7, 11) is 0. The van der Waals surface area contributed by atoms with Crippen LogP contribution in [-0.4, -0.2) is 11.2 Å². The van der Waals surface area contributed by atoms with Gasteiger partial charge in [-0.25, -0.2) is 4.98 Å². The first-order valence-electron chi connectivity index (χ1n) is 2.97. The maximum atomic E-state index is 8.51. The highest BCUT2D eigenvalue weighted by atomic mass is 32.2. The van der Waals surface area contributed by atoms with E-state index in [0.29, 0.717) is 11.3 Å². The molecule has 0 fully saturated rings. The molecular formula is C7H7N3S. The Hall–Kier alpha value is -1.21. The summed E-state index contributed by atoms with van der Waals surface area (Å²) in [6.07, 6.45) is 3.40. The monoisotopic (exact) mass is 165 g/mol. The van der Waals surface area contributed by atoms with E-state index in [4.69, 9.17) is 11.0 Å². The summed E-state index contributed by atoms with van der Waals surface area (Å²) in [4.78, 5) is 3.99. The molecule has 0 saturated carbocycles. The summed E-state index contributed by atoms with van der Waals surface area (Å²) < 4.78 is 0. The van der Waals surface area contributed by atoms with Gasteiger partial charge >= 0.3 is 0 Å². The zero-order valence-corrected chi connectivity index (χ0v) is 6.85. The Kier molecular flexibility index (Phi) is 2.34. The summed E-state index contributed by atoms with van der Waals surface area (Å²) in [6.45, 7) is 0. The van der Waals surface area contributed by atoms with E-state index in [1.54, 1.807) is 6.07 Å². The Bertz CT molecular complexity index is 303. The van der Waals surface area contributed by atoms with Crippen LogP contribution in [-0.2, 0) is 0 Å². The highest BCUT2D eigenvalue weighted by Gasteiger charge is 1.98. The molecular weight excluding hydrogens is 158 g/mol. The molecule has 0 bridgehead atoms. The SMILES string of the molecule is CSc1cc(N)c(C#N)cn1. The maximum absolute atomic E-state index is 8.51. The summed E-state index contributed by atoms with van der Waals surface area (Å²) in [5.41, 5.74) is 6.46. The Labute approximate surface area is 69.2 Å². The van der Waals surface area contributed by atoms with Crippen molar-refractivity contribution in [1.29, 1.82) is 5.26 Å². The van der Waals surface area contributed by atoms with Crippen molar-refractivity contribution >= 4 is 17.4 Å². The number of nitriles is 1. The van der Waals surface area contributed by atoms with Gasteiger partial charge in [0.2, 0.25) is 0 Å². The Morgan fingerprint density at radius 2 is 2.45 bits per heavy atom. The number of hydrogen-bond donors (Lipinski definition) is 1. The first-order valence-corrected chi connectivity index (χ1v) is 4.20. The fourth-order valence-electron chi connectivity index (χ4n) is 0.656. The summed E-state index contributed by atoms with van der Waals surface area (Å²) in [5.74, 6) is 0. The lowest BCUT2D eigenvalue weighted by molar-refractivity contribution is 1.13. The molecule has 0 aromatic carbocycles. The molecule has 1 heterocycles. The van der Waals surface area contributed by atoms with Crippen LogP contribution in [0.4, 0.5) is 5.69 Å². The molecule has 1 rings (SSSR count). The maximum Gasteiger partial charge on any atom is 0.103 e. The molecule has 11 heavy (non-hydrogen) atoms. The average Bonchev–Trinajstić information content (AvgIpc) is 2.04. The van der Waals surface area contributed by atoms with E-state index >= 15 is 0 Å². The molecule has 0 atom stereocenters. The predicted octanol–water partition coefficient (Wildman–Crippen LogP) is 1.26. The van der Waals surface area contributed by atoms with Crippen LogP contribution in [0.25, 0.3) is 0 Å². The van der Waals surface area contributed by atoms with Crippen molar-refractivity contribution < 1.29 is 0 Å². The van der Waals surface area contributed by atoms with Gasteiger partial charge in [-0.05, 0) is 12.3 Å². The number of aromatic nitrogens is 1. The quantitative estimate of drug-likeness (QED) is 0.636. The Balaban J connectivity index is 3.12. The van der Waals surface area contributed by atoms with Gasteiger partial charge < -0.3 is 5.73 Å². The van der Waals surface area contributed by atoms with E-state index in [1.165, 1.54) is 18.0 Å². The molecule has 0 amide bonds. The average molecular weight is 165 g/mol. The smallest absolute Gasteiger partial charge is 0.103 e. The first kappa shape index (κ1) is 7.89. The molecule has 0 unspecified atom stereocenters. The Morgan fingerprint density at radius 1 is 1.73 bits per heavy atom. The standard InChI is InChI=1S/C7H7N3S/c1-11-7-2-6(9)5(3-8)4-10-7/h2,4H,1H3,(H2,9,10). The lowest BCUT2D eigenvalue weighted by Crippen LogP contribution is -1.92. The Morgan fingerprint density at radius 3 is 2.91 bits per heavy atom. The molecule has 0 saturated heterocycles.